The topological polar surface area (TPSA) is 66.9 Å². The maximum Gasteiger partial charge on any atom is 0.259 e. The molecular weight excluding hydrogens is 404 g/mol. The molecule has 6 atom stereocenters. The van der Waals surface area contributed by atoms with Crippen molar-refractivity contribution in [3.63, 3.8) is 0 Å². The van der Waals surface area contributed by atoms with Gasteiger partial charge in [0.1, 0.15) is 12.4 Å². The number of hydrogen-bond donors (Lipinski definition) is 0. The summed E-state index contributed by atoms with van der Waals surface area (Å²) in [6.45, 7) is -0.0838. The van der Waals surface area contributed by atoms with Crippen LogP contribution in [-0.2, 0) is 9.59 Å². The molecule has 1 saturated heterocycles. The zero-order valence-electron chi connectivity index (χ0n) is 17.8. The summed E-state index contributed by atoms with van der Waals surface area (Å²) in [6.07, 6.45) is 5.44. The van der Waals surface area contributed by atoms with Crippen LogP contribution in [0.2, 0.25) is 0 Å². The Bertz CT molecular complexity index is 1090. The Morgan fingerprint density at radius 2 is 1.53 bits per heavy atom. The Morgan fingerprint density at radius 1 is 0.938 bits per heavy atom. The number of likely N-dealkylation sites (tertiary alicyclic amines) is 1. The maximum absolute atomic E-state index is 13.4. The lowest BCUT2D eigenvalue weighted by Gasteiger charge is -2.37. The minimum Gasteiger partial charge on any atom is -0.497 e. The molecule has 162 valence electrons. The van der Waals surface area contributed by atoms with Gasteiger partial charge in [-0.3, -0.25) is 24.2 Å². The van der Waals surface area contributed by atoms with Gasteiger partial charge >= 0.3 is 0 Å². The van der Waals surface area contributed by atoms with Crippen molar-refractivity contribution in [2.75, 3.05) is 18.7 Å². The number of benzene rings is 2. The molecule has 4 aliphatic carbocycles. The summed E-state index contributed by atoms with van der Waals surface area (Å²) in [5.41, 5.74) is 1.11. The fourth-order valence-electron chi connectivity index (χ4n) is 6.06. The lowest BCUT2D eigenvalue weighted by molar-refractivity contribution is -0.140. The first-order valence-electron chi connectivity index (χ1n) is 11.1. The van der Waals surface area contributed by atoms with Gasteiger partial charge in [-0.25, -0.2) is 0 Å². The van der Waals surface area contributed by atoms with E-state index in [9.17, 15) is 14.4 Å². The van der Waals surface area contributed by atoms with Gasteiger partial charge in [0, 0.05) is 11.3 Å². The number of ether oxygens (including phenoxy) is 1. The smallest absolute Gasteiger partial charge is 0.259 e. The zero-order chi connectivity index (χ0) is 22.0. The number of carbonyl (C=O) groups excluding carboxylic acids is 3. The van der Waals surface area contributed by atoms with Gasteiger partial charge in [0.25, 0.3) is 5.91 Å². The molecule has 0 unspecified atom stereocenters. The molecule has 32 heavy (non-hydrogen) atoms. The third-order valence-corrected chi connectivity index (χ3v) is 7.69. The number of rotatable bonds is 5. The molecule has 2 aromatic carbocycles. The van der Waals surface area contributed by atoms with E-state index in [0.29, 0.717) is 28.8 Å². The molecule has 1 heterocycles. The number of allylic oxidation sites excluding steroid dienone is 2. The highest BCUT2D eigenvalue weighted by Gasteiger charge is 2.67. The van der Waals surface area contributed by atoms with Crippen molar-refractivity contribution in [1.82, 2.24) is 4.90 Å². The highest BCUT2D eigenvalue weighted by atomic mass is 16.5. The molecule has 2 aromatic rings. The van der Waals surface area contributed by atoms with Crippen molar-refractivity contribution in [3.8, 4) is 5.75 Å². The second-order valence-corrected chi connectivity index (χ2v) is 9.20. The summed E-state index contributed by atoms with van der Waals surface area (Å²) < 4.78 is 5.24. The quantitative estimate of drug-likeness (QED) is 0.541. The van der Waals surface area contributed by atoms with Crippen LogP contribution in [0.3, 0.4) is 0 Å². The summed E-state index contributed by atoms with van der Waals surface area (Å²) >= 11 is 0. The van der Waals surface area contributed by atoms with E-state index < -0.39 is 0 Å². The van der Waals surface area contributed by atoms with E-state index in [1.165, 1.54) is 9.80 Å². The molecule has 2 bridgehead atoms. The van der Waals surface area contributed by atoms with E-state index in [4.69, 9.17) is 4.74 Å². The van der Waals surface area contributed by atoms with Gasteiger partial charge in [-0.2, -0.15) is 0 Å². The van der Waals surface area contributed by atoms with Gasteiger partial charge in [0.15, 0.2) is 0 Å². The zero-order valence-corrected chi connectivity index (χ0v) is 17.8. The molecule has 0 aromatic heterocycles. The van der Waals surface area contributed by atoms with Crippen LogP contribution < -0.4 is 9.64 Å². The highest BCUT2D eigenvalue weighted by molar-refractivity contribution is 6.09. The van der Waals surface area contributed by atoms with Gasteiger partial charge in [-0.15, -0.1) is 0 Å². The van der Waals surface area contributed by atoms with Gasteiger partial charge in [0.2, 0.25) is 11.8 Å². The SMILES string of the molecule is COc1ccc(N(CN2C(=O)[C@@H]3[C@@H]4C=C[C@H]([C@H]5C[C@@H]45)[C@@H]3C2=O)C(=O)c2ccccc2)cc1. The molecule has 6 heteroatoms. The Kier molecular flexibility index (Phi) is 4.25. The number of hydrogen-bond acceptors (Lipinski definition) is 4. The number of amides is 3. The predicted octanol–water partition coefficient (Wildman–Crippen LogP) is 3.35. The van der Waals surface area contributed by atoms with E-state index >= 15 is 0 Å². The van der Waals surface area contributed by atoms with E-state index in [1.54, 1.807) is 55.6 Å². The summed E-state index contributed by atoms with van der Waals surface area (Å²) in [6, 6.07) is 16.0. The monoisotopic (exact) mass is 428 g/mol. The minimum absolute atomic E-state index is 0.0838. The number of imide groups is 1. The van der Waals surface area contributed by atoms with E-state index in [0.717, 1.165) is 6.42 Å². The summed E-state index contributed by atoms with van der Waals surface area (Å²) in [5, 5.41) is 0. The Hall–Kier alpha value is -3.41. The van der Waals surface area contributed by atoms with Crippen LogP contribution in [0.4, 0.5) is 5.69 Å². The second kappa shape index (κ2) is 7.05. The fraction of sp³-hybridized carbons (Fsp3) is 0.346. The molecule has 2 saturated carbocycles. The lowest BCUT2D eigenvalue weighted by Crippen LogP contribution is -2.45. The standard InChI is InChI=1S/C26H24N2O4/c1-32-17-9-7-16(8-10-17)27(24(29)15-5-3-2-4-6-15)14-28-25(30)22-18-11-12-19(21-13-20(18)21)23(22)26(28)31/h2-12,18-23H,13-14H2,1H3/t18-,19-,20-,21+,22+,23-/m1/s1. The maximum atomic E-state index is 13.4. The molecule has 3 fully saturated rings. The van der Waals surface area contributed by atoms with E-state index in [1.807, 2.05) is 6.07 Å². The first-order chi connectivity index (χ1) is 15.6. The summed E-state index contributed by atoms with van der Waals surface area (Å²) in [5.74, 6) is 1.02. The van der Waals surface area contributed by atoms with Crippen LogP contribution in [0.25, 0.3) is 0 Å². The van der Waals surface area contributed by atoms with Crippen LogP contribution >= 0.6 is 0 Å². The normalized spacial score (nSPS) is 31.3. The number of carbonyl (C=O) groups is 3. The average molecular weight is 428 g/mol. The summed E-state index contributed by atoms with van der Waals surface area (Å²) in [4.78, 5) is 43.2. The van der Waals surface area contributed by atoms with Crippen molar-refractivity contribution in [2.45, 2.75) is 6.42 Å². The molecule has 1 aliphatic heterocycles. The molecular formula is C26H24N2O4. The number of nitrogens with zero attached hydrogens (tertiary/aromatic N) is 2. The van der Waals surface area contributed by atoms with Crippen LogP contribution in [0.15, 0.2) is 66.7 Å². The third kappa shape index (κ3) is 2.75. The molecule has 0 radical (unpaired) electrons. The number of anilines is 1. The first kappa shape index (κ1) is 19.3. The van der Waals surface area contributed by atoms with Crippen molar-refractivity contribution in [3.05, 3.63) is 72.3 Å². The van der Waals surface area contributed by atoms with Gasteiger partial charge in [-0.1, -0.05) is 30.4 Å². The van der Waals surface area contributed by atoms with Crippen molar-refractivity contribution in [2.24, 2.45) is 35.5 Å². The van der Waals surface area contributed by atoms with Crippen LogP contribution in [-0.4, -0.2) is 36.4 Å². The average Bonchev–Trinajstić information content (AvgIpc) is 3.63. The third-order valence-electron chi connectivity index (χ3n) is 7.69. The van der Waals surface area contributed by atoms with E-state index in [-0.39, 0.29) is 48.1 Å². The Balaban J connectivity index is 1.33. The van der Waals surface area contributed by atoms with Crippen molar-refractivity contribution in [1.29, 1.82) is 0 Å². The minimum atomic E-state index is -0.272. The molecule has 6 nitrogen and oxygen atoms in total. The Morgan fingerprint density at radius 3 is 2.09 bits per heavy atom. The summed E-state index contributed by atoms with van der Waals surface area (Å²) in [7, 11) is 1.58. The van der Waals surface area contributed by atoms with Gasteiger partial charge in [0.05, 0.1) is 18.9 Å². The second-order valence-electron chi connectivity index (χ2n) is 9.20. The predicted molar refractivity (Wildman–Crippen MR) is 118 cm³/mol. The Labute approximate surface area is 186 Å². The van der Waals surface area contributed by atoms with Crippen molar-refractivity contribution < 1.29 is 19.1 Å². The van der Waals surface area contributed by atoms with Crippen LogP contribution in [0.5, 0.6) is 5.75 Å². The molecule has 7 rings (SSSR count). The fourth-order valence-corrected chi connectivity index (χ4v) is 6.06. The number of methoxy groups -OCH3 is 1. The van der Waals surface area contributed by atoms with Crippen LogP contribution in [0, 0.1) is 35.5 Å². The highest BCUT2D eigenvalue weighted by Crippen LogP contribution is 2.65. The van der Waals surface area contributed by atoms with E-state index in [2.05, 4.69) is 12.2 Å². The molecule has 0 spiro atoms. The largest absolute Gasteiger partial charge is 0.497 e. The molecule has 0 N–H and O–H groups in total. The molecule has 3 amide bonds. The van der Waals surface area contributed by atoms with Crippen LogP contribution in [0.1, 0.15) is 16.8 Å². The molecule has 5 aliphatic rings. The van der Waals surface area contributed by atoms with Gasteiger partial charge < -0.3 is 4.74 Å². The van der Waals surface area contributed by atoms with Gasteiger partial charge in [-0.05, 0) is 66.5 Å². The first-order valence-corrected chi connectivity index (χ1v) is 11.1. The lowest BCUT2D eigenvalue weighted by atomic mass is 9.63. The van der Waals surface area contributed by atoms with Crippen molar-refractivity contribution >= 4 is 23.4 Å².